The zero-order chi connectivity index (χ0) is 15.5. The van der Waals surface area contributed by atoms with Crippen molar-refractivity contribution < 1.29 is 14.7 Å². The van der Waals surface area contributed by atoms with Crippen molar-refractivity contribution in [1.82, 2.24) is 14.7 Å². The SMILES string of the molecule is O=C(O)CC1CCCN1C(=O)c1cnn(-c2ccccc2)c1. The van der Waals surface area contributed by atoms with Crippen molar-refractivity contribution in [3.05, 3.63) is 48.3 Å². The molecule has 114 valence electrons. The molecule has 0 aliphatic carbocycles. The second kappa shape index (κ2) is 6.01. The highest BCUT2D eigenvalue weighted by molar-refractivity contribution is 5.94. The number of hydrogen-bond acceptors (Lipinski definition) is 3. The molecule has 1 aromatic carbocycles. The van der Waals surface area contributed by atoms with Gasteiger partial charge in [-0.05, 0) is 25.0 Å². The molecule has 3 rings (SSSR count). The number of carbonyl (C=O) groups is 2. The van der Waals surface area contributed by atoms with E-state index >= 15 is 0 Å². The third-order valence-corrected chi connectivity index (χ3v) is 3.90. The van der Waals surface area contributed by atoms with Crippen molar-refractivity contribution in [2.75, 3.05) is 6.54 Å². The number of likely N-dealkylation sites (tertiary alicyclic amines) is 1. The van der Waals surface area contributed by atoms with Crippen LogP contribution >= 0.6 is 0 Å². The van der Waals surface area contributed by atoms with Gasteiger partial charge >= 0.3 is 5.97 Å². The molecule has 6 nitrogen and oxygen atoms in total. The number of carbonyl (C=O) groups excluding carboxylic acids is 1. The Morgan fingerprint density at radius 1 is 1.27 bits per heavy atom. The monoisotopic (exact) mass is 299 g/mol. The van der Waals surface area contributed by atoms with E-state index in [1.54, 1.807) is 15.8 Å². The van der Waals surface area contributed by atoms with E-state index in [-0.39, 0.29) is 18.4 Å². The molecular formula is C16H17N3O3. The smallest absolute Gasteiger partial charge is 0.305 e. The molecule has 0 radical (unpaired) electrons. The third kappa shape index (κ3) is 2.86. The maximum absolute atomic E-state index is 12.6. The number of carboxylic acid groups (broad SMARTS) is 1. The van der Waals surface area contributed by atoms with Crippen LogP contribution in [0.25, 0.3) is 5.69 Å². The number of amides is 1. The van der Waals surface area contributed by atoms with Gasteiger partial charge in [0.25, 0.3) is 5.91 Å². The highest BCUT2D eigenvalue weighted by atomic mass is 16.4. The summed E-state index contributed by atoms with van der Waals surface area (Å²) in [6, 6.07) is 9.32. The molecule has 22 heavy (non-hydrogen) atoms. The average molecular weight is 299 g/mol. The molecule has 1 fully saturated rings. The molecular weight excluding hydrogens is 282 g/mol. The number of nitrogens with zero attached hydrogens (tertiary/aromatic N) is 3. The van der Waals surface area contributed by atoms with Crippen molar-refractivity contribution in [2.45, 2.75) is 25.3 Å². The van der Waals surface area contributed by atoms with Gasteiger partial charge in [0.1, 0.15) is 0 Å². The summed E-state index contributed by atoms with van der Waals surface area (Å²) in [7, 11) is 0. The summed E-state index contributed by atoms with van der Waals surface area (Å²) in [6.45, 7) is 0.604. The Hall–Kier alpha value is -2.63. The molecule has 1 aromatic heterocycles. The minimum atomic E-state index is -0.871. The number of carboxylic acids is 1. The van der Waals surface area contributed by atoms with Crippen LogP contribution in [0.3, 0.4) is 0 Å². The molecule has 1 aliphatic heterocycles. The van der Waals surface area contributed by atoms with Crippen molar-refractivity contribution in [3.8, 4) is 5.69 Å². The van der Waals surface area contributed by atoms with Crippen LogP contribution in [0.5, 0.6) is 0 Å². The highest BCUT2D eigenvalue weighted by Gasteiger charge is 2.31. The summed E-state index contributed by atoms with van der Waals surface area (Å²) >= 11 is 0. The Balaban J connectivity index is 1.78. The Labute approximate surface area is 128 Å². The fraction of sp³-hybridized carbons (Fsp3) is 0.312. The Kier molecular flexibility index (Phi) is 3.91. The summed E-state index contributed by atoms with van der Waals surface area (Å²) in [5, 5.41) is 13.2. The number of aromatic nitrogens is 2. The minimum Gasteiger partial charge on any atom is -0.481 e. The van der Waals surface area contributed by atoms with Gasteiger partial charge in [0.15, 0.2) is 0 Å². The van der Waals surface area contributed by atoms with Gasteiger partial charge in [0, 0.05) is 18.8 Å². The third-order valence-electron chi connectivity index (χ3n) is 3.90. The largest absolute Gasteiger partial charge is 0.481 e. The molecule has 1 aliphatic rings. The maximum Gasteiger partial charge on any atom is 0.305 e. The van der Waals surface area contributed by atoms with Crippen molar-refractivity contribution in [2.24, 2.45) is 0 Å². The highest BCUT2D eigenvalue weighted by Crippen LogP contribution is 2.22. The van der Waals surface area contributed by atoms with Gasteiger partial charge in [0.05, 0.1) is 23.9 Å². The van der Waals surface area contributed by atoms with Crippen molar-refractivity contribution >= 4 is 11.9 Å². The van der Waals surface area contributed by atoms with Crippen LogP contribution in [-0.4, -0.2) is 44.3 Å². The normalized spacial score (nSPS) is 17.6. The molecule has 6 heteroatoms. The summed E-state index contributed by atoms with van der Waals surface area (Å²) < 4.78 is 1.65. The van der Waals surface area contributed by atoms with Crippen LogP contribution in [0.1, 0.15) is 29.6 Å². The summed E-state index contributed by atoms with van der Waals surface area (Å²) in [5.41, 5.74) is 1.37. The maximum atomic E-state index is 12.6. The molecule has 1 saturated heterocycles. The molecule has 2 aromatic rings. The second-order valence-electron chi connectivity index (χ2n) is 5.40. The lowest BCUT2D eigenvalue weighted by Crippen LogP contribution is -2.36. The van der Waals surface area contributed by atoms with E-state index in [1.165, 1.54) is 6.20 Å². The number of aliphatic carboxylic acids is 1. The first kappa shape index (κ1) is 14.3. The van der Waals surface area contributed by atoms with Gasteiger partial charge in [-0.25, -0.2) is 4.68 Å². The molecule has 0 saturated carbocycles. The molecule has 0 spiro atoms. The van der Waals surface area contributed by atoms with E-state index < -0.39 is 5.97 Å². The van der Waals surface area contributed by atoms with Crippen molar-refractivity contribution in [1.29, 1.82) is 0 Å². The van der Waals surface area contributed by atoms with Crippen LogP contribution in [-0.2, 0) is 4.79 Å². The first-order chi connectivity index (χ1) is 10.6. The first-order valence-corrected chi connectivity index (χ1v) is 7.28. The van der Waals surface area contributed by atoms with Crippen LogP contribution in [0.4, 0.5) is 0 Å². The van der Waals surface area contributed by atoms with Gasteiger partial charge < -0.3 is 10.0 Å². The number of rotatable bonds is 4. The van der Waals surface area contributed by atoms with Gasteiger partial charge in [0.2, 0.25) is 0 Å². The van der Waals surface area contributed by atoms with E-state index in [4.69, 9.17) is 5.11 Å². The van der Waals surface area contributed by atoms with E-state index in [9.17, 15) is 9.59 Å². The van der Waals surface area contributed by atoms with Gasteiger partial charge in [-0.15, -0.1) is 0 Å². The van der Waals surface area contributed by atoms with E-state index in [0.29, 0.717) is 12.1 Å². The average Bonchev–Trinajstić information content (AvgIpc) is 3.16. The van der Waals surface area contributed by atoms with Crippen LogP contribution in [0.15, 0.2) is 42.7 Å². The quantitative estimate of drug-likeness (QED) is 0.936. The predicted octanol–water partition coefficient (Wildman–Crippen LogP) is 1.95. The standard InChI is InChI=1S/C16H17N3O3/c20-15(21)9-14-7-4-8-18(14)16(22)12-10-17-19(11-12)13-5-2-1-3-6-13/h1-3,5-6,10-11,14H,4,7-9H2,(H,20,21). The first-order valence-electron chi connectivity index (χ1n) is 7.28. The van der Waals surface area contributed by atoms with Crippen molar-refractivity contribution in [3.63, 3.8) is 0 Å². The lowest BCUT2D eigenvalue weighted by atomic mass is 10.1. The topological polar surface area (TPSA) is 75.4 Å². The predicted molar refractivity (Wildman–Crippen MR) is 79.9 cm³/mol. The van der Waals surface area contributed by atoms with Gasteiger partial charge in [-0.2, -0.15) is 5.10 Å². The van der Waals surface area contributed by atoms with Gasteiger partial charge in [-0.1, -0.05) is 18.2 Å². The molecule has 1 atom stereocenters. The molecule has 0 bridgehead atoms. The zero-order valence-corrected chi connectivity index (χ0v) is 12.1. The Morgan fingerprint density at radius 2 is 2.05 bits per heavy atom. The van der Waals surface area contributed by atoms with E-state index in [1.807, 2.05) is 30.3 Å². The van der Waals surface area contributed by atoms with Crippen LogP contribution < -0.4 is 0 Å². The number of benzene rings is 1. The number of para-hydroxylation sites is 1. The Bertz CT molecular complexity index is 681. The summed E-state index contributed by atoms with van der Waals surface area (Å²) in [6.07, 6.45) is 4.80. The lowest BCUT2D eigenvalue weighted by molar-refractivity contribution is -0.137. The number of hydrogen-bond donors (Lipinski definition) is 1. The molecule has 1 unspecified atom stereocenters. The molecule has 1 amide bonds. The van der Waals surface area contributed by atoms with E-state index in [0.717, 1.165) is 18.5 Å². The lowest BCUT2D eigenvalue weighted by Gasteiger charge is -2.22. The minimum absolute atomic E-state index is 0.00143. The zero-order valence-electron chi connectivity index (χ0n) is 12.1. The van der Waals surface area contributed by atoms with Crippen LogP contribution in [0.2, 0.25) is 0 Å². The summed E-state index contributed by atoms with van der Waals surface area (Å²) in [5.74, 6) is -1.02. The summed E-state index contributed by atoms with van der Waals surface area (Å²) in [4.78, 5) is 25.1. The van der Waals surface area contributed by atoms with Crippen LogP contribution in [0, 0.1) is 0 Å². The molecule has 1 N–H and O–H groups in total. The Morgan fingerprint density at radius 3 is 2.77 bits per heavy atom. The van der Waals surface area contributed by atoms with Gasteiger partial charge in [-0.3, -0.25) is 9.59 Å². The van der Waals surface area contributed by atoms with E-state index in [2.05, 4.69) is 5.10 Å². The second-order valence-corrected chi connectivity index (χ2v) is 5.40. The fourth-order valence-electron chi connectivity index (χ4n) is 2.84. The molecule has 2 heterocycles. The fourth-order valence-corrected chi connectivity index (χ4v) is 2.84.